The van der Waals surface area contributed by atoms with Gasteiger partial charge in [0.15, 0.2) is 12.4 Å². The van der Waals surface area contributed by atoms with E-state index in [4.69, 9.17) is 10.5 Å². The van der Waals surface area contributed by atoms with Gasteiger partial charge in [-0.3, -0.25) is 24.1 Å². The zero-order valence-corrected chi connectivity index (χ0v) is 20.4. The van der Waals surface area contributed by atoms with E-state index in [1.165, 1.54) is 24.3 Å². The average Bonchev–Trinajstić information content (AvgIpc) is 3.16. The molecule has 3 amide bonds. The first-order valence-corrected chi connectivity index (χ1v) is 12.0. The fourth-order valence-corrected chi connectivity index (χ4v) is 4.61. The minimum atomic E-state index is -0.684. The molecule has 0 radical (unpaired) electrons. The van der Waals surface area contributed by atoms with Crippen molar-refractivity contribution >= 4 is 51.1 Å². The fraction of sp³-hybridized carbons (Fsp3) is 0.320. The van der Waals surface area contributed by atoms with Gasteiger partial charge in [0.25, 0.3) is 5.91 Å². The second kappa shape index (κ2) is 10.5. The number of carbonyl (C=O) groups excluding carboxylic acids is 5. The highest BCUT2D eigenvalue weighted by Crippen LogP contribution is 2.29. The first-order valence-electron chi connectivity index (χ1n) is 11.2. The van der Waals surface area contributed by atoms with E-state index >= 15 is 0 Å². The lowest BCUT2D eigenvalue weighted by molar-refractivity contribution is -0.124. The molecule has 0 aliphatic carbocycles. The minimum absolute atomic E-state index is 0.0576. The minimum Gasteiger partial charge on any atom is -0.454 e. The number of primary amides is 1. The van der Waals surface area contributed by atoms with Crippen molar-refractivity contribution < 1.29 is 28.7 Å². The number of ether oxygens (including phenoxy) is 1. The number of piperidine rings is 1. The number of nitrogens with two attached hydrogens (primary N) is 1. The zero-order chi connectivity index (χ0) is 25.1. The first-order chi connectivity index (χ1) is 16.7. The number of Topliss-reactive ketones (excluding diaryl/α,β-unsaturated/α-hetero) is 1. The lowest BCUT2D eigenvalue weighted by atomic mass is 9.95. The lowest BCUT2D eigenvalue weighted by Crippen LogP contribution is -2.47. The van der Waals surface area contributed by atoms with Gasteiger partial charge in [0.2, 0.25) is 11.8 Å². The second-order valence-corrected chi connectivity index (χ2v) is 9.47. The molecule has 1 atom stereocenters. The molecule has 2 aromatic carbocycles. The Labute approximate surface area is 210 Å². The van der Waals surface area contributed by atoms with Crippen LogP contribution in [-0.2, 0) is 19.1 Å². The number of nitrogens with zero attached hydrogens (tertiary/aromatic N) is 2. The Kier molecular flexibility index (Phi) is 7.42. The summed E-state index contributed by atoms with van der Waals surface area (Å²) in [6.45, 7) is 0.642. The van der Waals surface area contributed by atoms with E-state index in [0.29, 0.717) is 37.2 Å². The maximum absolute atomic E-state index is 13.0. The van der Waals surface area contributed by atoms with Crippen molar-refractivity contribution in [2.24, 2.45) is 11.7 Å². The van der Waals surface area contributed by atoms with Crippen LogP contribution in [0.25, 0.3) is 0 Å². The molecule has 0 bridgehead atoms. The number of ketones is 1. The Morgan fingerprint density at radius 1 is 0.943 bits per heavy atom. The standard InChI is InChI=1S/C25H24BrN3O6/c26-18-5-1-15(2-6-18)21(30)14-35-25(34)17-3-7-19(8-4-17)29-22(31)13-20(24(29)33)28-11-9-16(10-12-28)23(27)32/h1-8,16,20H,9-14H2,(H2,27,32). The topological polar surface area (TPSA) is 127 Å². The van der Waals surface area contributed by atoms with Gasteiger partial charge in [-0.1, -0.05) is 28.1 Å². The van der Waals surface area contributed by atoms with E-state index in [0.717, 1.165) is 9.37 Å². The molecule has 1 unspecified atom stereocenters. The molecule has 35 heavy (non-hydrogen) atoms. The van der Waals surface area contributed by atoms with E-state index < -0.39 is 18.6 Å². The molecule has 0 aromatic heterocycles. The van der Waals surface area contributed by atoms with Crippen molar-refractivity contribution in [1.82, 2.24) is 4.90 Å². The van der Waals surface area contributed by atoms with E-state index in [9.17, 15) is 24.0 Å². The van der Waals surface area contributed by atoms with Gasteiger partial charge in [0.05, 0.1) is 23.7 Å². The Morgan fingerprint density at radius 2 is 1.54 bits per heavy atom. The Hall–Kier alpha value is -3.37. The summed E-state index contributed by atoms with van der Waals surface area (Å²) >= 11 is 3.30. The molecule has 2 heterocycles. The number of anilines is 1. The summed E-state index contributed by atoms with van der Waals surface area (Å²) in [5.41, 5.74) is 6.36. The molecule has 2 saturated heterocycles. The van der Waals surface area contributed by atoms with Crippen LogP contribution in [0.4, 0.5) is 5.69 Å². The molecular weight excluding hydrogens is 518 g/mol. The maximum Gasteiger partial charge on any atom is 0.338 e. The summed E-state index contributed by atoms with van der Waals surface area (Å²) in [6, 6.07) is 12.0. The Balaban J connectivity index is 1.35. The zero-order valence-electron chi connectivity index (χ0n) is 18.8. The third-order valence-electron chi connectivity index (χ3n) is 6.36. The van der Waals surface area contributed by atoms with Crippen LogP contribution in [0.15, 0.2) is 53.0 Å². The van der Waals surface area contributed by atoms with E-state index in [2.05, 4.69) is 15.9 Å². The van der Waals surface area contributed by atoms with Crippen molar-refractivity contribution in [3.63, 3.8) is 0 Å². The van der Waals surface area contributed by atoms with Crippen LogP contribution < -0.4 is 10.6 Å². The number of rotatable bonds is 7. The Morgan fingerprint density at radius 3 is 2.14 bits per heavy atom. The summed E-state index contributed by atoms with van der Waals surface area (Å²) in [5, 5.41) is 0. The quantitative estimate of drug-likeness (QED) is 0.323. The molecule has 2 aliphatic heterocycles. The van der Waals surface area contributed by atoms with Gasteiger partial charge in [-0.05, 0) is 62.3 Å². The van der Waals surface area contributed by atoms with Gasteiger partial charge in [-0.2, -0.15) is 0 Å². The van der Waals surface area contributed by atoms with Crippen LogP contribution in [-0.4, -0.2) is 60.1 Å². The third-order valence-corrected chi connectivity index (χ3v) is 6.89. The molecule has 2 N–H and O–H groups in total. The predicted octanol–water partition coefficient (Wildman–Crippen LogP) is 2.32. The fourth-order valence-electron chi connectivity index (χ4n) is 4.35. The number of hydrogen-bond acceptors (Lipinski definition) is 7. The van der Waals surface area contributed by atoms with Crippen LogP contribution in [0.2, 0.25) is 0 Å². The highest BCUT2D eigenvalue weighted by atomic mass is 79.9. The molecule has 2 aromatic rings. The van der Waals surface area contributed by atoms with Crippen LogP contribution in [0.3, 0.4) is 0 Å². The van der Waals surface area contributed by atoms with Crippen molar-refractivity contribution in [1.29, 1.82) is 0 Å². The molecule has 4 rings (SSSR count). The van der Waals surface area contributed by atoms with Crippen molar-refractivity contribution in [3.8, 4) is 0 Å². The Bertz CT molecular complexity index is 1160. The first kappa shape index (κ1) is 24.7. The summed E-state index contributed by atoms with van der Waals surface area (Å²) in [5.74, 6) is -2.21. The number of halogens is 1. The molecule has 2 aliphatic rings. The van der Waals surface area contributed by atoms with Gasteiger partial charge in [-0.25, -0.2) is 9.69 Å². The summed E-state index contributed by atoms with van der Waals surface area (Å²) in [7, 11) is 0. The number of hydrogen-bond donors (Lipinski definition) is 1. The molecule has 10 heteroatoms. The van der Waals surface area contributed by atoms with Crippen LogP contribution >= 0.6 is 15.9 Å². The van der Waals surface area contributed by atoms with E-state index in [1.54, 1.807) is 24.3 Å². The monoisotopic (exact) mass is 541 g/mol. The number of benzene rings is 2. The van der Waals surface area contributed by atoms with Gasteiger partial charge < -0.3 is 10.5 Å². The van der Waals surface area contributed by atoms with Gasteiger partial charge in [0, 0.05) is 16.0 Å². The normalized spacial score (nSPS) is 19.1. The number of esters is 1. The van der Waals surface area contributed by atoms with Crippen molar-refractivity contribution in [2.45, 2.75) is 25.3 Å². The molecule has 2 fully saturated rings. The summed E-state index contributed by atoms with van der Waals surface area (Å²) in [6.07, 6.45) is 1.19. The van der Waals surface area contributed by atoms with E-state index in [-0.39, 0.29) is 41.4 Å². The smallest absolute Gasteiger partial charge is 0.338 e. The number of likely N-dealkylation sites (tertiary alicyclic amines) is 1. The van der Waals surface area contributed by atoms with Crippen LogP contribution in [0.5, 0.6) is 0 Å². The average molecular weight is 542 g/mol. The molecular formula is C25H24BrN3O6. The summed E-state index contributed by atoms with van der Waals surface area (Å²) < 4.78 is 5.95. The predicted molar refractivity (Wildman–Crippen MR) is 130 cm³/mol. The molecule has 0 spiro atoms. The summed E-state index contributed by atoms with van der Waals surface area (Å²) in [4.78, 5) is 64.7. The number of imide groups is 1. The maximum atomic E-state index is 13.0. The highest BCUT2D eigenvalue weighted by molar-refractivity contribution is 9.10. The largest absolute Gasteiger partial charge is 0.454 e. The van der Waals surface area contributed by atoms with Crippen molar-refractivity contribution in [3.05, 3.63) is 64.1 Å². The van der Waals surface area contributed by atoms with Crippen molar-refractivity contribution in [2.75, 3.05) is 24.6 Å². The van der Waals surface area contributed by atoms with Gasteiger partial charge in [0.1, 0.15) is 0 Å². The molecule has 0 saturated carbocycles. The highest BCUT2D eigenvalue weighted by Gasteiger charge is 2.43. The number of amides is 3. The SMILES string of the molecule is NC(=O)C1CCN(C2CC(=O)N(c3ccc(C(=O)OCC(=O)c4ccc(Br)cc4)cc3)C2=O)CC1. The van der Waals surface area contributed by atoms with Gasteiger partial charge in [-0.15, -0.1) is 0 Å². The van der Waals surface area contributed by atoms with E-state index in [1.807, 2.05) is 4.90 Å². The van der Waals surface area contributed by atoms with Gasteiger partial charge >= 0.3 is 5.97 Å². The third kappa shape index (κ3) is 5.49. The number of carbonyl (C=O) groups is 5. The van der Waals surface area contributed by atoms with Crippen LogP contribution in [0, 0.1) is 5.92 Å². The van der Waals surface area contributed by atoms with Crippen LogP contribution in [0.1, 0.15) is 40.0 Å². The second-order valence-electron chi connectivity index (χ2n) is 8.55. The molecule has 182 valence electrons. The molecule has 9 nitrogen and oxygen atoms in total. The lowest BCUT2D eigenvalue weighted by Gasteiger charge is -2.33.